The highest BCUT2D eigenvalue weighted by Gasteiger charge is 2.11. The maximum atomic E-state index is 12.6. The molecule has 0 bridgehead atoms. The zero-order valence-corrected chi connectivity index (χ0v) is 16.8. The Bertz CT molecular complexity index is 1140. The number of hydrogen-bond acceptors (Lipinski definition) is 4. The fraction of sp³-hybridized carbons (Fsp3) is 0.0870. The number of benzene rings is 2. The fourth-order valence-corrected chi connectivity index (χ4v) is 3.08. The Morgan fingerprint density at radius 3 is 2.80 bits per heavy atom. The molecule has 150 valence electrons. The monoisotopic (exact) mass is 418 g/mol. The number of aromatic nitrogens is 3. The maximum absolute atomic E-state index is 12.6. The lowest BCUT2D eigenvalue weighted by Gasteiger charge is -2.09. The number of carbonyl (C=O) groups excluding carboxylic acids is 1. The van der Waals surface area contributed by atoms with Gasteiger partial charge in [-0.2, -0.15) is 5.10 Å². The first-order chi connectivity index (χ1) is 14.7. The van der Waals surface area contributed by atoms with Crippen LogP contribution in [0.5, 0.6) is 5.75 Å². The molecule has 0 aliphatic rings. The molecule has 0 fully saturated rings. The molecule has 7 heteroatoms. The van der Waals surface area contributed by atoms with Gasteiger partial charge >= 0.3 is 0 Å². The summed E-state index contributed by atoms with van der Waals surface area (Å²) < 4.78 is 7.47. The van der Waals surface area contributed by atoms with E-state index in [0.717, 1.165) is 11.1 Å². The molecule has 4 aromatic rings. The Labute approximate surface area is 179 Å². The normalized spacial score (nSPS) is 10.6. The van der Waals surface area contributed by atoms with Crippen molar-refractivity contribution in [3.05, 3.63) is 107 Å². The fourth-order valence-electron chi connectivity index (χ4n) is 2.89. The highest BCUT2D eigenvalue weighted by molar-refractivity contribution is 6.31. The van der Waals surface area contributed by atoms with Crippen molar-refractivity contribution in [1.29, 1.82) is 0 Å². The number of hydrogen-bond donors (Lipinski definition) is 1. The van der Waals surface area contributed by atoms with Crippen LogP contribution in [0.3, 0.4) is 0 Å². The van der Waals surface area contributed by atoms with Crippen molar-refractivity contribution in [2.24, 2.45) is 0 Å². The summed E-state index contributed by atoms with van der Waals surface area (Å²) in [6.45, 7) is 0.894. The Hall–Kier alpha value is -3.64. The van der Waals surface area contributed by atoms with E-state index in [1.807, 2.05) is 54.6 Å². The number of pyridine rings is 1. The summed E-state index contributed by atoms with van der Waals surface area (Å²) in [6, 6.07) is 18.6. The van der Waals surface area contributed by atoms with E-state index in [0.29, 0.717) is 35.2 Å². The molecule has 0 aliphatic heterocycles. The summed E-state index contributed by atoms with van der Waals surface area (Å²) >= 11 is 6.19. The van der Waals surface area contributed by atoms with Gasteiger partial charge in [-0.05, 0) is 29.8 Å². The number of nitrogens with one attached hydrogen (secondary N) is 1. The summed E-state index contributed by atoms with van der Waals surface area (Å²) in [7, 11) is 0. The zero-order valence-electron chi connectivity index (χ0n) is 16.0. The van der Waals surface area contributed by atoms with E-state index < -0.39 is 0 Å². The molecule has 2 heterocycles. The standard InChI is InChI=1S/C23H19ClN4O2/c24-22-9-2-1-6-18(22)14-28-15-19(13-26-28)23(29)27-20-7-3-8-21(11-20)30-16-17-5-4-10-25-12-17/h1-13,15H,14,16H2,(H,27,29). The minimum atomic E-state index is -0.246. The second-order valence-electron chi connectivity index (χ2n) is 6.65. The van der Waals surface area contributed by atoms with Gasteiger partial charge in [0.25, 0.3) is 5.91 Å². The Kier molecular flexibility index (Phi) is 6.06. The number of anilines is 1. The smallest absolute Gasteiger partial charge is 0.258 e. The molecule has 0 unspecified atom stereocenters. The van der Waals surface area contributed by atoms with E-state index in [1.165, 1.54) is 6.20 Å². The van der Waals surface area contributed by atoms with Crippen LogP contribution in [0.4, 0.5) is 5.69 Å². The molecule has 1 amide bonds. The van der Waals surface area contributed by atoms with Gasteiger partial charge in [-0.1, -0.05) is 41.9 Å². The summed E-state index contributed by atoms with van der Waals surface area (Å²) in [5.41, 5.74) is 3.01. The van der Waals surface area contributed by atoms with Crippen molar-refractivity contribution in [2.45, 2.75) is 13.2 Å². The third kappa shape index (κ3) is 5.04. The maximum Gasteiger partial charge on any atom is 0.258 e. The van der Waals surface area contributed by atoms with E-state index in [4.69, 9.17) is 16.3 Å². The summed E-state index contributed by atoms with van der Waals surface area (Å²) in [5.74, 6) is 0.413. The van der Waals surface area contributed by atoms with Gasteiger partial charge in [-0.15, -0.1) is 0 Å². The largest absolute Gasteiger partial charge is 0.489 e. The lowest BCUT2D eigenvalue weighted by molar-refractivity contribution is 0.102. The van der Waals surface area contributed by atoms with Crippen molar-refractivity contribution < 1.29 is 9.53 Å². The van der Waals surface area contributed by atoms with Crippen molar-refractivity contribution in [3.8, 4) is 5.75 Å². The second-order valence-corrected chi connectivity index (χ2v) is 7.06. The molecule has 0 saturated heterocycles. The molecule has 0 atom stereocenters. The summed E-state index contributed by atoms with van der Waals surface area (Å²) in [6.07, 6.45) is 6.71. The molecule has 30 heavy (non-hydrogen) atoms. The Morgan fingerprint density at radius 1 is 1.07 bits per heavy atom. The van der Waals surface area contributed by atoms with Crippen LogP contribution in [0.1, 0.15) is 21.5 Å². The molecule has 0 saturated carbocycles. The summed E-state index contributed by atoms with van der Waals surface area (Å²) in [4.78, 5) is 16.7. The average Bonchev–Trinajstić information content (AvgIpc) is 3.24. The molecular formula is C23H19ClN4O2. The third-order valence-corrected chi connectivity index (χ3v) is 4.77. The van der Waals surface area contributed by atoms with Crippen LogP contribution < -0.4 is 10.1 Å². The molecule has 0 spiro atoms. The SMILES string of the molecule is O=C(Nc1cccc(OCc2cccnc2)c1)c1cnn(Cc2ccccc2Cl)c1. The van der Waals surface area contributed by atoms with Crippen LogP contribution in [-0.2, 0) is 13.2 Å². The summed E-state index contributed by atoms with van der Waals surface area (Å²) in [5, 5.41) is 7.81. The van der Waals surface area contributed by atoms with Gasteiger partial charge in [-0.3, -0.25) is 14.5 Å². The number of halogens is 1. The van der Waals surface area contributed by atoms with E-state index >= 15 is 0 Å². The Balaban J connectivity index is 1.38. The average molecular weight is 419 g/mol. The predicted molar refractivity (Wildman–Crippen MR) is 116 cm³/mol. The lowest BCUT2D eigenvalue weighted by Crippen LogP contribution is -2.11. The molecule has 6 nitrogen and oxygen atoms in total. The highest BCUT2D eigenvalue weighted by atomic mass is 35.5. The number of ether oxygens (including phenoxy) is 1. The van der Waals surface area contributed by atoms with Gasteiger partial charge in [0, 0.05) is 40.9 Å². The van der Waals surface area contributed by atoms with E-state index in [9.17, 15) is 4.79 Å². The van der Waals surface area contributed by atoms with Crippen molar-refractivity contribution in [3.63, 3.8) is 0 Å². The van der Waals surface area contributed by atoms with Crippen LogP contribution in [-0.4, -0.2) is 20.7 Å². The molecule has 2 aromatic carbocycles. The minimum Gasteiger partial charge on any atom is -0.489 e. The first-order valence-corrected chi connectivity index (χ1v) is 9.74. The molecule has 4 rings (SSSR count). The van der Waals surface area contributed by atoms with E-state index in [-0.39, 0.29) is 5.91 Å². The third-order valence-electron chi connectivity index (χ3n) is 4.41. The topological polar surface area (TPSA) is 69.0 Å². The van der Waals surface area contributed by atoms with E-state index in [1.54, 1.807) is 29.3 Å². The first-order valence-electron chi connectivity index (χ1n) is 9.36. The van der Waals surface area contributed by atoms with Crippen LogP contribution >= 0.6 is 11.6 Å². The molecule has 0 radical (unpaired) electrons. The quantitative estimate of drug-likeness (QED) is 0.467. The van der Waals surface area contributed by atoms with E-state index in [2.05, 4.69) is 15.4 Å². The van der Waals surface area contributed by atoms with Crippen LogP contribution in [0, 0.1) is 0 Å². The number of rotatable bonds is 7. The number of amides is 1. The van der Waals surface area contributed by atoms with Crippen molar-refractivity contribution in [2.75, 3.05) is 5.32 Å². The second kappa shape index (κ2) is 9.24. The molecule has 1 N–H and O–H groups in total. The minimum absolute atomic E-state index is 0.246. The van der Waals surface area contributed by atoms with Crippen molar-refractivity contribution >= 4 is 23.2 Å². The zero-order chi connectivity index (χ0) is 20.8. The number of carbonyl (C=O) groups is 1. The van der Waals surface area contributed by atoms with Crippen LogP contribution in [0.25, 0.3) is 0 Å². The molecule has 0 aliphatic carbocycles. The lowest BCUT2D eigenvalue weighted by atomic mass is 10.2. The Morgan fingerprint density at radius 2 is 1.97 bits per heavy atom. The first kappa shape index (κ1) is 19.7. The highest BCUT2D eigenvalue weighted by Crippen LogP contribution is 2.20. The van der Waals surface area contributed by atoms with Gasteiger partial charge in [-0.25, -0.2) is 0 Å². The van der Waals surface area contributed by atoms with Crippen molar-refractivity contribution in [1.82, 2.24) is 14.8 Å². The number of nitrogens with zero attached hydrogens (tertiary/aromatic N) is 3. The van der Waals surface area contributed by atoms with Gasteiger partial charge < -0.3 is 10.1 Å². The van der Waals surface area contributed by atoms with Crippen LogP contribution in [0.15, 0.2) is 85.5 Å². The predicted octanol–water partition coefficient (Wildman–Crippen LogP) is 4.81. The van der Waals surface area contributed by atoms with Gasteiger partial charge in [0.15, 0.2) is 0 Å². The molecule has 2 aromatic heterocycles. The molecular weight excluding hydrogens is 400 g/mol. The van der Waals surface area contributed by atoms with Crippen LogP contribution in [0.2, 0.25) is 5.02 Å². The van der Waals surface area contributed by atoms with Gasteiger partial charge in [0.05, 0.1) is 18.3 Å². The van der Waals surface area contributed by atoms with Gasteiger partial charge in [0.2, 0.25) is 0 Å². The van der Waals surface area contributed by atoms with Gasteiger partial charge in [0.1, 0.15) is 12.4 Å².